The van der Waals surface area contributed by atoms with Gasteiger partial charge in [0.2, 0.25) is 0 Å². The number of amides is 2. The molecular formula is C23H26N2O4. The highest BCUT2D eigenvalue weighted by molar-refractivity contribution is 5.89. The van der Waals surface area contributed by atoms with Gasteiger partial charge in [-0.05, 0) is 37.1 Å². The number of quaternary nitrogens is 1. The fraction of sp³-hybridized carbons (Fsp3) is 0.348. The molecule has 0 radical (unpaired) electrons. The van der Waals surface area contributed by atoms with Gasteiger partial charge in [0.05, 0.1) is 26.1 Å². The summed E-state index contributed by atoms with van der Waals surface area (Å²) in [6, 6.07) is 12.6. The maximum absolute atomic E-state index is 12.6. The van der Waals surface area contributed by atoms with Crippen LogP contribution < -0.4 is 9.59 Å². The highest BCUT2D eigenvalue weighted by Crippen LogP contribution is 2.45. The number of carboxylic acid groups (broad SMARTS) is 1. The quantitative estimate of drug-likeness (QED) is 0.590. The first-order valence-electron chi connectivity index (χ1n) is 9.79. The molecule has 6 heteroatoms. The molecule has 0 saturated heterocycles. The zero-order valence-electron chi connectivity index (χ0n) is 17.2. The maximum Gasteiger partial charge on any atom is 0.315 e. The Morgan fingerprint density at radius 2 is 1.79 bits per heavy atom. The number of nitrogens with zero attached hydrogens (tertiary/aromatic N) is 2. The molecule has 1 heterocycles. The Kier molecular flexibility index (Phi) is 5.57. The first-order chi connectivity index (χ1) is 13.7. The topological polar surface area (TPSA) is 77.5 Å². The monoisotopic (exact) mass is 394 g/mol. The molecule has 0 aromatic heterocycles. The minimum absolute atomic E-state index is 0.0109. The molecule has 0 aliphatic carbocycles. The summed E-state index contributed by atoms with van der Waals surface area (Å²) < 4.78 is 0.126. The molecule has 0 N–H and O–H groups in total. The molecule has 3 rings (SSSR count). The molecule has 0 bridgehead atoms. The fourth-order valence-electron chi connectivity index (χ4n) is 4.33. The molecule has 6 nitrogen and oxygen atoms in total. The molecule has 2 aromatic carbocycles. The number of benzene rings is 2. The summed E-state index contributed by atoms with van der Waals surface area (Å²) in [4.78, 5) is 36.6. The predicted octanol–water partition coefficient (Wildman–Crippen LogP) is 3.15. The van der Waals surface area contributed by atoms with Crippen molar-refractivity contribution in [1.82, 2.24) is 9.38 Å². The van der Waals surface area contributed by atoms with Crippen molar-refractivity contribution in [3.8, 4) is 11.1 Å². The van der Waals surface area contributed by atoms with Crippen molar-refractivity contribution in [2.24, 2.45) is 0 Å². The summed E-state index contributed by atoms with van der Waals surface area (Å²) in [5.41, 5.74) is 4.06. The Labute approximate surface area is 171 Å². The van der Waals surface area contributed by atoms with Crippen LogP contribution in [0, 0.1) is 0 Å². The zero-order chi connectivity index (χ0) is 21.3. The van der Waals surface area contributed by atoms with E-state index in [1.165, 1.54) is 4.90 Å². The molecule has 1 unspecified atom stereocenters. The van der Waals surface area contributed by atoms with Gasteiger partial charge in [-0.1, -0.05) is 24.3 Å². The van der Waals surface area contributed by atoms with Gasteiger partial charge < -0.3 is 14.8 Å². The lowest BCUT2D eigenvalue weighted by molar-refractivity contribution is -0.268. The van der Waals surface area contributed by atoms with E-state index in [-0.39, 0.29) is 22.5 Å². The Balaban J connectivity index is 2.20. The average molecular weight is 394 g/mol. The smallest absolute Gasteiger partial charge is 0.315 e. The van der Waals surface area contributed by atoms with Gasteiger partial charge >= 0.3 is 5.91 Å². The van der Waals surface area contributed by atoms with Gasteiger partial charge in [-0.25, -0.2) is 9.28 Å². The van der Waals surface area contributed by atoms with Crippen LogP contribution in [0.3, 0.4) is 0 Å². The predicted molar refractivity (Wildman–Crippen MR) is 110 cm³/mol. The second-order valence-electron chi connectivity index (χ2n) is 7.76. The van der Waals surface area contributed by atoms with Crippen molar-refractivity contribution in [3.05, 3.63) is 53.6 Å². The number of rotatable bonds is 4. The summed E-state index contributed by atoms with van der Waals surface area (Å²) in [6.07, 6.45) is 0.108. The molecular weight excluding hydrogens is 368 g/mol. The van der Waals surface area contributed by atoms with E-state index in [1.54, 1.807) is 26.0 Å². The van der Waals surface area contributed by atoms with E-state index in [1.807, 2.05) is 44.3 Å². The lowest BCUT2D eigenvalue weighted by Gasteiger charge is -2.47. The first kappa shape index (κ1) is 20.7. The Morgan fingerprint density at radius 1 is 1.17 bits per heavy atom. The number of hydrogen-bond donors (Lipinski definition) is 0. The Morgan fingerprint density at radius 3 is 2.31 bits per heavy atom. The van der Waals surface area contributed by atoms with Crippen molar-refractivity contribution < 1.29 is 19.5 Å². The van der Waals surface area contributed by atoms with Crippen LogP contribution in [0.4, 0.5) is 10.5 Å². The van der Waals surface area contributed by atoms with Crippen LogP contribution in [0.5, 0.6) is 0 Å². The zero-order valence-corrected chi connectivity index (χ0v) is 17.2. The number of carbonyl (C=O) groups excluding carboxylic acids is 3. The van der Waals surface area contributed by atoms with Crippen molar-refractivity contribution in [2.45, 2.75) is 39.3 Å². The van der Waals surface area contributed by atoms with Gasteiger partial charge in [-0.3, -0.25) is 4.79 Å². The normalized spacial score (nSPS) is 23.2. The lowest BCUT2D eigenvalue weighted by Crippen LogP contribution is -2.60. The molecule has 0 fully saturated rings. The van der Waals surface area contributed by atoms with E-state index in [4.69, 9.17) is 0 Å². The Hall–Kier alpha value is -2.99. The van der Waals surface area contributed by atoms with Crippen LogP contribution >= 0.6 is 0 Å². The van der Waals surface area contributed by atoms with Gasteiger partial charge in [0.15, 0.2) is 0 Å². The number of fused-ring (bicyclic) bond motifs is 1. The molecule has 0 spiro atoms. The third kappa shape index (κ3) is 3.44. The van der Waals surface area contributed by atoms with Crippen LogP contribution in [0.1, 0.15) is 49.2 Å². The summed E-state index contributed by atoms with van der Waals surface area (Å²) in [6.45, 7) is 5.65. The average Bonchev–Trinajstić information content (AvgIpc) is 2.71. The molecule has 2 aromatic rings. The van der Waals surface area contributed by atoms with Gasteiger partial charge in [-0.15, -0.1) is 0 Å². The van der Waals surface area contributed by atoms with Crippen LogP contribution in [0.2, 0.25) is 0 Å². The summed E-state index contributed by atoms with van der Waals surface area (Å²) in [5, 5.41) is 11.8. The van der Waals surface area contributed by atoms with Crippen LogP contribution in [-0.4, -0.2) is 42.8 Å². The third-order valence-electron chi connectivity index (χ3n) is 6.32. The second kappa shape index (κ2) is 7.79. The van der Waals surface area contributed by atoms with Crippen LogP contribution in [0.25, 0.3) is 11.1 Å². The minimum Gasteiger partial charge on any atom is -0.530 e. The van der Waals surface area contributed by atoms with E-state index in [9.17, 15) is 19.5 Å². The maximum atomic E-state index is 12.6. The van der Waals surface area contributed by atoms with Gasteiger partial charge in [0.1, 0.15) is 18.1 Å². The standard InChI is InChI=1S/C23H26N2O4/c1-5-24(23(28)29)21-12-15(2)25(4,16(3)27)22-11-10-19(13-20(21)22)18-8-6-17(14-26)7-9-18/h6-11,13-15,21H,5,12H2,1-4H3/t15-,21?,25+/m0/s1. The van der Waals surface area contributed by atoms with E-state index in [0.29, 0.717) is 18.5 Å². The minimum atomic E-state index is -1.21. The molecule has 3 atom stereocenters. The van der Waals surface area contributed by atoms with Crippen LogP contribution in [0.15, 0.2) is 42.5 Å². The highest BCUT2D eigenvalue weighted by Gasteiger charge is 2.47. The summed E-state index contributed by atoms with van der Waals surface area (Å²) in [5.74, 6) is 0.0109. The van der Waals surface area contributed by atoms with Crippen LogP contribution in [-0.2, 0) is 4.79 Å². The molecule has 2 amide bonds. The van der Waals surface area contributed by atoms with Crippen molar-refractivity contribution >= 4 is 24.0 Å². The van der Waals surface area contributed by atoms with Gasteiger partial charge in [-0.2, -0.15) is 0 Å². The van der Waals surface area contributed by atoms with Crippen molar-refractivity contribution in [3.63, 3.8) is 0 Å². The lowest BCUT2D eigenvalue weighted by atomic mass is 9.86. The van der Waals surface area contributed by atoms with E-state index in [2.05, 4.69) is 0 Å². The molecule has 152 valence electrons. The van der Waals surface area contributed by atoms with E-state index >= 15 is 0 Å². The molecule has 0 saturated carbocycles. The number of aldehydes is 1. The molecule has 1 aliphatic rings. The molecule has 29 heavy (non-hydrogen) atoms. The number of carbonyl (C=O) groups is 3. The number of hydrogen-bond acceptors (Lipinski definition) is 4. The van der Waals surface area contributed by atoms with Crippen molar-refractivity contribution in [1.29, 1.82) is 0 Å². The van der Waals surface area contributed by atoms with E-state index < -0.39 is 6.09 Å². The highest BCUT2D eigenvalue weighted by atomic mass is 16.4. The largest absolute Gasteiger partial charge is 0.530 e. The Bertz CT molecular complexity index is 954. The van der Waals surface area contributed by atoms with Gasteiger partial charge in [0.25, 0.3) is 0 Å². The fourth-order valence-corrected chi connectivity index (χ4v) is 4.33. The summed E-state index contributed by atoms with van der Waals surface area (Å²) in [7, 11) is 1.88. The van der Waals surface area contributed by atoms with E-state index in [0.717, 1.165) is 28.7 Å². The van der Waals surface area contributed by atoms with Crippen molar-refractivity contribution in [2.75, 3.05) is 13.6 Å². The van der Waals surface area contributed by atoms with Gasteiger partial charge in [0, 0.05) is 30.2 Å². The molecule has 1 aliphatic heterocycles. The second-order valence-corrected chi connectivity index (χ2v) is 7.76. The first-order valence-corrected chi connectivity index (χ1v) is 9.79. The summed E-state index contributed by atoms with van der Waals surface area (Å²) >= 11 is 0. The SMILES string of the molecule is CCN(C(=O)[O-])C1C[C@H](C)[N@+](C)(C(C)=O)c2ccc(-c3ccc(C=O)cc3)cc21. The third-order valence-corrected chi connectivity index (χ3v) is 6.32.